The number of aromatic nitrogens is 3. The van der Waals surface area contributed by atoms with Crippen molar-refractivity contribution < 1.29 is 4.39 Å². The van der Waals surface area contributed by atoms with Crippen molar-refractivity contribution in [2.45, 2.75) is 13.2 Å². The van der Waals surface area contributed by atoms with Crippen molar-refractivity contribution in [2.24, 2.45) is 0 Å². The van der Waals surface area contributed by atoms with E-state index in [0.717, 1.165) is 37.4 Å². The highest BCUT2D eigenvalue weighted by Gasteiger charge is 2.19. The number of halogens is 1. The molecule has 3 aromatic rings. The molecule has 25 heavy (non-hydrogen) atoms. The molecule has 1 saturated heterocycles. The molecule has 0 aliphatic carbocycles. The largest absolute Gasteiger partial charge is 0.296 e. The number of rotatable bonds is 4. The van der Waals surface area contributed by atoms with Crippen LogP contribution in [0.15, 0.2) is 48.7 Å². The molecule has 0 saturated carbocycles. The van der Waals surface area contributed by atoms with Gasteiger partial charge >= 0.3 is 0 Å². The van der Waals surface area contributed by atoms with Crippen LogP contribution in [0, 0.1) is 10.6 Å². The van der Waals surface area contributed by atoms with Crippen LogP contribution in [0.2, 0.25) is 0 Å². The Bertz CT molecular complexity index is 926. The maximum atomic E-state index is 13.8. The van der Waals surface area contributed by atoms with Crippen LogP contribution in [0.3, 0.4) is 0 Å². The third-order valence-electron chi connectivity index (χ3n) is 4.64. The number of pyridine rings is 1. The molecule has 7 heteroatoms. The third kappa shape index (κ3) is 3.49. The van der Waals surface area contributed by atoms with E-state index < -0.39 is 0 Å². The van der Waals surface area contributed by atoms with E-state index in [1.54, 1.807) is 6.07 Å². The first-order valence-electron chi connectivity index (χ1n) is 8.43. The lowest BCUT2D eigenvalue weighted by atomic mass is 10.2. The average Bonchev–Trinajstić information content (AvgIpc) is 2.95. The van der Waals surface area contributed by atoms with Gasteiger partial charge in [0.2, 0.25) is 4.77 Å². The van der Waals surface area contributed by atoms with Gasteiger partial charge in [0.1, 0.15) is 5.82 Å². The van der Waals surface area contributed by atoms with Crippen LogP contribution < -0.4 is 0 Å². The summed E-state index contributed by atoms with van der Waals surface area (Å²) in [6, 6.07) is 12.9. The molecule has 0 N–H and O–H groups in total. The summed E-state index contributed by atoms with van der Waals surface area (Å²) in [6.45, 7) is 5.01. The molecule has 2 aromatic heterocycles. The van der Waals surface area contributed by atoms with Gasteiger partial charge < -0.3 is 0 Å². The molecule has 0 amide bonds. The lowest BCUT2D eigenvalue weighted by Gasteiger charge is -2.34. The van der Waals surface area contributed by atoms with Crippen molar-refractivity contribution >= 4 is 17.9 Å². The van der Waals surface area contributed by atoms with E-state index >= 15 is 0 Å². The van der Waals surface area contributed by atoms with E-state index in [1.165, 1.54) is 6.07 Å². The minimum Gasteiger partial charge on any atom is -0.296 e. The average molecular weight is 357 g/mol. The molecule has 0 unspecified atom stereocenters. The molecule has 1 aliphatic rings. The predicted octanol–water partition coefficient (Wildman–Crippen LogP) is 2.78. The molecule has 4 rings (SSSR count). The molecule has 3 heterocycles. The monoisotopic (exact) mass is 357 g/mol. The second kappa shape index (κ2) is 7.03. The Hall–Kier alpha value is -2.09. The fraction of sp³-hybridized carbons (Fsp3) is 0.333. The minimum atomic E-state index is -0.124. The highest BCUT2D eigenvalue weighted by Crippen LogP contribution is 2.13. The summed E-state index contributed by atoms with van der Waals surface area (Å²) >= 11 is 5.50. The number of hydrogen-bond acceptors (Lipinski definition) is 4. The van der Waals surface area contributed by atoms with E-state index in [0.29, 0.717) is 18.0 Å². The molecule has 0 spiro atoms. The first-order valence-corrected chi connectivity index (χ1v) is 8.84. The first-order chi connectivity index (χ1) is 12.2. The molecule has 1 fully saturated rings. The van der Waals surface area contributed by atoms with Crippen molar-refractivity contribution in [3.05, 3.63) is 64.8 Å². The first kappa shape index (κ1) is 16.4. The highest BCUT2D eigenvalue weighted by atomic mass is 32.1. The molecule has 1 aliphatic heterocycles. The lowest BCUT2D eigenvalue weighted by Crippen LogP contribution is -2.46. The van der Waals surface area contributed by atoms with Gasteiger partial charge in [-0.15, -0.1) is 0 Å². The van der Waals surface area contributed by atoms with Crippen LogP contribution in [-0.4, -0.2) is 50.2 Å². The Morgan fingerprint density at radius 3 is 2.44 bits per heavy atom. The van der Waals surface area contributed by atoms with Gasteiger partial charge in [-0.3, -0.25) is 14.2 Å². The summed E-state index contributed by atoms with van der Waals surface area (Å²) in [4.78, 5) is 4.62. The molecule has 0 atom stereocenters. The Morgan fingerprint density at radius 2 is 1.68 bits per heavy atom. The normalized spacial score (nSPS) is 16.5. The van der Waals surface area contributed by atoms with Gasteiger partial charge in [-0.25, -0.2) is 9.07 Å². The van der Waals surface area contributed by atoms with Crippen molar-refractivity contribution in [3.63, 3.8) is 0 Å². The highest BCUT2D eigenvalue weighted by molar-refractivity contribution is 7.71. The summed E-state index contributed by atoms with van der Waals surface area (Å²) in [5.74, 6) is -0.124. The predicted molar refractivity (Wildman–Crippen MR) is 97.3 cm³/mol. The van der Waals surface area contributed by atoms with Crippen LogP contribution in [0.4, 0.5) is 4.39 Å². The number of benzene rings is 1. The summed E-state index contributed by atoms with van der Waals surface area (Å²) in [5, 5.41) is 4.58. The SMILES string of the molecule is Fc1ccccc1CN1CCN(Cn2nc3ccccn3c2=S)CC1. The van der Waals surface area contributed by atoms with Gasteiger partial charge in [-0.2, -0.15) is 5.10 Å². The van der Waals surface area contributed by atoms with E-state index in [-0.39, 0.29) is 5.82 Å². The number of piperazine rings is 1. The molecule has 0 radical (unpaired) electrons. The fourth-order valence-electron chi connectivity index (χ4n) is 3.21. The fourth-order valence-corrected chi connectivity index (χ4v) is 3.46. The van der Waals surface area contributed by atoms with Crippen LogP contribution in [0.1, 0.15) is 5.56 Å². The zero-order valence-corrected chi connectivity index (χ0v) is 14.7. The van der Waals surface area contributed by atoms with E-state index in [1.807, 2.05) is 45.6 Å². The van der Waals surface area contributed by atoms with Gasteiger partial charge in [0.05, 0.1) is 6.67 Å². The topological polar surface area (TPSA) is 28.7 Å². The zero-order valence-electron chi connectivity index (χ0n) is 13.9. The van der Waals surface area contributed by atoms with E-state index in [4.69, 9.17) is 12.2 Å². The van der Waals surface area contributed by atoms with E-state index in [2.05, 4.69) is 14.9 Å². The van der Waals surface area contributed by atoms with Crippen LogP contribution >= 0.6 is 12.2 Å². The maximum absolute atomic E-state index is 13.8. The summed E-state index contributed by atoms with van der Waals surface area (Å²) in [7, 11) is 0. The van der Waals surface area contributed by atoms with Crippen molar-refractivity contribution in [1.29, 1.82) is 0 Å². The Kier molecular flexibility index (Phi) is 4.61. The van der Waals surface area contributed by atoms with Crippen LogP contribution in [0.25, 0.3) is 5.65 Å². The smallest absolute Gasteiger partial charge is 0.203 e. The second-order valence-electron chi connectivity index (χ2n) is 6.34. The Labute approximate surface area is 150 Å². The number of fused-ring (bicyclic) bond motifs is 1. The summed E-state index contributed by atoms with van der Waals surface area (Å²) in [6.07, 6.45) is 1.94. The number of hydrogen-bond donors (Lipinski definition) is 0. The quantitative estimate of drug-likeness (QED) is 0.672. The maximum Gasteiger partial charge on any atom is 0.203 e. The standard InChI is InChI=1S/C18H20FN5S/c19-16-6-2-1-5-15(16)13-21-9-11-22(12-10-21)14-24-18(25)23-8-4-3-7-17(23)20-24/h1-8H,9-14H2. The lowest BCUT2D eigenvalue weighted by molar-refractivity contribution is 0.0976. The molecule has 0 bridgehead atoms. The van der Waals surface area contributed by atoms with Gasteiger partial charge in [0.25, 0.3) is 0 Å². The van der Waals surface area contributed by atoms with Crippen molar-refractivity contribution in [1.82, 2.24) is 24.0 Å². The van der Waals surface area contributed by atoms with Crippen LogP contribution in [0.5, 0.6) is 0 Å². The summed E-state index contributed by atoms with van der Waals surface area (Å²) in [5.41, 5.74) is 1.63. The molecule has 130 valence electrons. The Morgan fingerprint density at radius 1 is 0.960 bits per heavy atom. The molecular formula is C18H20FN5S. The van der Waals surface area contributed by atoms with Crippen LogP contribution in [-0.2, 0) is 13.2 Å². The summed E-state index contributed by atoms with van der Waals surface area (Å²) < 4.78 is 18.3. The van der Waals surface area contributed by atoms with Gasteiger partial charge in [-0.1, -0.05) is 24.3 Å². The Balaban J connectivity index is 1.38. The molecule has 5 nitrogen and oxygen atoms in total. The van der Waals surface area contributed by atoms with Crippen molar-refractivity contribution in [2.75, 3.05) is 26.2 Å². The number of nitrogens with zero attached hydrogens (tertiary/aromatic N) is 5. The van der Waals surface area contributed by atoms with E-state index in [9.17, 15) is 4.39 Å². The molecule has 1 aromatic carbocycles. The minimum absolute atomic E-state index is 0.124. The van der Waals surface area contributed by atoms with Gasteiger partial charge in [0, 0.05) is 44.5 Å². The second-order valence-corrected chi connectivity index (χ2v) is 6.70. The zero-order chi connectivity index (χ0) is 17.2. The third-order valence-corrected chi connectivity index (χ3v) is 5.05. The van der Waals surface area contributed by atoms with Gasteiger partial charge in [0.15, 0.2) is 5.65 Å². The van der Waals surface area contributed by atoms with Gasteiger partial charge in [-0.05, 0) is 30.4 Å². The van der Waals surface area contributed by atoms with Crippen molar-refractivity contribution in [3.8, 4) is 0 Å². The molecular weight excluding hydrogens is 337 g/mol.